The Labute approximate surface area is 95.7 Å². The van der Waals surface area contributed by atoms with Crippen molar-refractivity contribution in [1.29, 1.82) is 0 Å². The van der Waals surface area contributed by atoms with Crippen LogP contribution in [0.1, 0.15) is 25.1 Å². The molecule has 1 atom stereocenters. The van der Waals surface area contributed by atoms with Gasteiger partial charge in [0.25, 0.3) is 0 Å². The minimum absolute atomic E-state index is 0.159. The first kappa shape index (κ1) is 11.4. The summed E-state index contributed by atoms with van der Waals surface area (Å²) in [6, 6.07) is 2.25. The predicted molar refractivity (Wildman–Crippen MR) is 61.6 cm³/mol. The van der Waals surface area contributed by atoms with Crippen LogP contribution < -0.4 is 5.32 Å². The van der Waals surface area contributed by atoms with E-state index in [1.165, 1.54) is 0 Å². The average molecular weight is 225 g/mol. The Bertz CT molecular complexity index is 347. The molecule has 0 aromatic carbocycles. The smallest absolute Gasteiger partial charge is 0.179 e. The van der Waals surface area contributed by atoms with Crippen LogP contribution in [0, 0.1) is 0 Å². The lowest BCUT2D eigenvalue weighted by atomic mass is 10.1. The maximum absolute atomic E-state index is 5.33. The molecule has 1 aliphatic rings. The Kier molecular flexibility index (Phi) is 3.46. The number of aromatic nitrogens is 2. The first-order valence-electron chi connectivity index (χ1n) is 5.68. The molecule has 90 valence electrons. The van der Waals surface area contributed by atoms with Crippen molar-refractivity contribution in [1.82, 2.24) is 9.78 Å². The summed E-state index contributed by atoms with van der Waals surface area (Å²) in [4.78, 5) is 0. The molecule has 1 aliphatic heterocycles. The molecule has 1 aromatic rings. The van der Waals surface area contributed by atoms with Crippen LogP contribution in [0.2, 0.25) is 0 Å². The zero-order chi connectivity index (χ0) is 11.5. The third-order valence-corrected chi connectivity index (χ3v) is 2.99. The highest BCUT2D eigenvalue weighted by Crippen LogP contribution is 2.28. The Morgan fingerprint density at radius 3 is 2.94 bits per heavy atom. The Hall–Kier alpha value is -1.07. The van der Waals surface area contributed by atoms with Gasteiger partial charge in [-0.15, -0.1) is 0 Å². The summed E-state index contributed by atoms with van der Waals surface area (Å²) in [6.07, 6.45) is 1.67. The second-order valence-corrected chi connectivity index (χ2v) is 3.94. The third-order valence-electron chi connectivity index (χ3n) is 2.99. The first-order chi connectivity index (χ1) is 7.80. The van der Waals surface area contributed by atoms with Crippen molar-refractivity contribution in [3.05, 3.63) is 11.8 Å². The van der Waals surface area contributed by atoms with E-state index >= 15 is 0 Å². The molecule has 16 heavy (non-hydrogen) atoms. The molecule has 0 radical (unpaired) electrons. The van der Waals surface area contributed by atoms with Crippen molar-refractivity contribution in [2.75, 3.05) is 26.1 Å². The topological polar surface area (TPSA) is 48.3 Å². The van der Waals surface area contributed by atoms with E-state index in [9.17, 15) is 0 Å². The number of fused-ring (bicyclic) bond motifs is 1. The van der Waals surface area contributed by atoms with E-state index in [4.69, 9.17) is 9.47 Å². The van der Waals surface area contributed by atoms with Crippen molar-refractivity contribution in [3.8, 4) is 0 Å². The van der Waals surface area contributed by atoms with Crippen molar-refractivity contribution in [2.45, 2.75) is 32.1 Å². The van der Waals surface area contributed by atoms with E-state index in [0.29, 0.717) is 0 Å². The van der Waals surface area contributed by atoms with Gasteiger partial charge >= 0.3 is 0 Å². The van der Waals surface area contributed by atoms with Gasteiger partial charge in [-0.2, -0.15) is 5.10 Å². The number of nitrogens with zero attached hydrogens (tertiary/aromatic N) is 2. The van der Waals surface area contributed by atoms with E-state index in [-0.39, 0.29) is 12.3 Å². The van der Waals surface area contributed by atoms with Gasteiger partial charge in [-0.3, -0.25) is 0 Å². The summed E-state index contributed by atoms with van der Waals surface area (Å²) in [7, 11) is 3.33. The van der Waals surface area contributed by atoms with Crippen LogP contribution >= 0.6 is 0 Å². The summed E-state index contributed by atoms with van der Waals surface area (Å²) < 4.78 is 12.6. The quantitative estimate of drug-likeness (QED) is 0.787. The molecule has 0 aliphatic carbocycles. The molecule has 2 heterocycles. The highest BCUT2D eigenvalue weighted by atomic mass is 16.7. The molecule has 0 saturated carbocycles. The number of anilines is 1. The second-order valence-electron chi connectivity index (χ2n) is 3.94. The molecule has 0 saturated heterocycles. The molecular formula is C11H19N3O2. The van der Waals surface area contributed by atoms with E-state index < -0.39 is 0 Å². The fraction of sp³-hybridized carbons (Fsp3) is 0.727. The number of hydrogen-bond donors (Lipinski definition) is 1. The largest absolute Gasteiger partial charge is 0.370 e. The Balaban J connectivity index is 2.27. The standard InChI is InChI=1S/C11H19N3O2/c1-4-8-7-10-12-6-5-9(14(10)13-8)11(15-2)16-3/h7,9,11-12H,4-6H2,1-3H3. The van der Waals surface area contributed by atoms with E-state index in [0.717, 1.165) is 30.9 Å². The van der Waals surface area contributed by atoms with Crippen LogP contribution in [-0.4, -0.2) is 36.8 Å². The lowest BCUT2D eigenvalue weighted by Gasteiger charge is -2.30. The highest BCUT2D eigenvalue weighted by molar-refractivity contribution is 5.39. The molecular weight excluding hydrogens is 206 g/mol. The van der Waals surface area contributed by atoms with Crippen LogP contribution in [0.15, 0.2) is 6.07 Å². The number of hydrogen-bond acceptors (Lipinski definition) is 4. The van der Waals surface area contributed by atoms with Gasteiger partial charge in [-0.25, -0.2) is 4.68 Å². The van der Waals surface area contributed by atoms with Gasteiger partial charge < -0.3 is 14.8 Å². The molecule has 0 bridgehead atoms. The second kappa shape index (κ2) is 4.84. The molecule has 0 spiro atoms. The van der Waals surface area contributed by atoms with Crippen LogP contribution in [0.3, 0.4) is 0 Å². The first-order valence-corrected chi connectivity index (χ1v) is 5.68. The van der Waals surface area contributed by atoms with Gasteiger partial charge in [0.15, 0.2) is 6.29 Å². The van der Waals surface area contributed by atoms with Gasteiger partial charge in [0.05, 0.1) is 5.69 Å². The molecule has 2 rings (SSSR count). The van der Waals surface area contributed by atoms with E-state index in [1.807, 2.05) is 4.68 Å². The van der Waals surface area contributed by atoms with Crippen LogP contribution in [-0.2, 0) is 15.9 Å². The number of nitrogens with one attached hydrogen (secondary N) is 1. The third kappa shape index (κ3) is 1.92. The van der Waals surface area contributed by atoms with E-state index in [1.54, 1.807) is 14.2 Å². The van der Waals surface area contributed by atoms with Gasteiger partial charge in [0.2, 0.25) is 0 Å². The van der Waals surface area contributed by atoms with Crippen LogP contribution in [0.4, 0.5) is 5.82 Å². The normalized spacial score (nSPS) is 19.6. The maximum atomic E-state index is 5.33. The maximum Gasteiger partial charge on any atom is 0.179 e. The average Bonchev–Trinajstić information content (AvgIpc) is 2.74. The summed E-state index contributed by atoms with van der Waals surface area (Å²) in [5.41, 5.74) is 1.10. The lowest BCUT2D eigenvalue weighted by Crippen LogP contribution is -2.34. The summed E-state index contributed by atoms with van der Waals surface area (Å²) in [5, 5.41) is 7.90. The molecule has 1 N–H and O–H groups in total. The predicted octanol–water partition coefficient (Wildman–Crippen LogP) is 1.42. The fourth-order valence-corrected chi connectivity index (χ4v) is 2.13. The van der Waals surface area contributed by atoms with Crippen molar-refractivity contribution >= 4 is 5.82 Å². The van der Waals surface area contributed by atoms with Crippen molar-refractivity contribution < 1.29 is 9.47 Å². The SMILES string of the molecule is CCc1cc2n(n1)C(C(OC)OC)CCN2. The number of methoxy groups -OCH3 is 2. The van der Waals surface area contributed by atoms with Crippen LogP contribution in [0.5, 0.6) is 0 Å². The van der Waals surface area contributed by atoms with Crippen molar-refractivity contribution in [3.63, 3.8) is 0 Å². The van der Waals surface area contributed by atoms with Gasteiger partial charge in [0, 0.05) is 26.8 Å². The Morgan fingerprint density at radius 1 is 1.56 bits per heavy atom. The molecule has 1 unspecified atom stereocenters. The molecule has 0 fully saturated rings. The van der Waals surface area contributed by atoms with Gasteiger partial charge in [0.1, 0.15) is 11.9 Å². The zero-order valence-electron chi connectivity index (χ0n) is 10.1. The molecule has 5 nitrogen and oxygen atoms in total. The minimum atomic E-state index is -0.231. The van der Waals surface area contributed by atoms with Gasteiger partial charge in [-0.1, -0.05) is 6.92 Å². The highest BCUT2D eigenvalue weighted by Gasteiger charge is 2.28. The zero-order valence-corrected chi connectivity index (χ0v) is 10.1. The summed E-state index contributed by atoms with van der Waals surface area (Å²) in [6.45, 7) is 3.04. The van der Waals surface area contributed by atoms with E-state index in [2.05, 4.69) is 23.4 Å². The number of rotatable bonds is 4. The van der Waals surface area contributed by atoms with Crippen LogP contribution in [0.25, 0.3) is 0 Å². The lowest BCUT2D eigenvalue weighted by molar-refractivity contribution is -0.135. The molecule has 5 heteroatoms. The fourth-order valence-electron chi connectivity index (χ4n) is 2.13. The van der Waals surface area contributed by atoms with Crippen molar-refractivity contribution in [2.24, 2.45) is 0 Å². The summed E-state index contributed by atoms with van der Waals surface area (Å²) in [5.74, 6) is 1.06. The number of ether oxygens (including phenoxy) is 2. The minimum Gasteiger partial charge on any atom is -0.370 e. The number of aryl methyl sites for hydroxylation is 1. The summed E-state index contributed by atoms with van der Waals surface area (Å²) >= 11 is 0. The molecule has 0 amide bonds. The molecule has 1 aromatic heterocycles. The Morgan fingerprint density at radius 2 is 2.31 bits per heavy atom. The van der Waals surface area contributed by atoms with Gasteiger partial charge in [-0.05, 0) is 12.8 Å². The monoisotopic (exact) mass is 225 g/mol.